The first kappa shape index (κ1) is 15.4. The molecular weight excluding hydrogens is 310 g/mol. The highest BCUT2D eigenvalue weighted by atomic mass is 16.2. The standard InChI is InChI=1S/C21H19N3O/c1-14-3-8-17(9-4-14)22-19-12-7-16-13-20(25)24(21(16)23-19)18-10-5-15(2)6-11-18/h3-12H,13H2,1-2H3,(H,22,23). The summed E-state index contributed by atoms with van der Waals surface area (Å²) < 4.78 is 0. The summed E-state index contributed by atoms with van der Waals surface area (Å²) in [6.07, 6.45) is 0.390. The molecule has 4 rings (SSSR count). The number of hydrogen-bond acceptors (Lipinski definition) is 3. The van der Waals surface area contributed by atoms with Gasteiger partial charge in [-0.15, -0.1) is 0 Å². The molecular formula is C21H19N3O. The Balaban J connectivity index is 1.68. The highest BCUT2D eigenvalue weighted by Crippen LogP contribution is 2.35. The van der Waals surface area contributed by atoms with Gasteiger partial charge in [-0.1, -0.05) is 41.5 Å². The lowest BCUT2D eigenvalue weighted by atomic mass is 10.2. The quantitative estimate of drug-likeness (QED) is 0.760. The molecule has 25 heavy (non-hydrogen) atoms. The van der Waals surface area contributed by atoms with Crippen LogP contribution in [0.2, 0.25) is 0 Å². The van der Waals surface area contributed by atoms with Crippen LogP contribution in [0.15, 0.2) is 60.7 Å². The number of anilines is 4. The number of nitrogens with one attached hydrogen (secondary N) is 1. The van der Waals surface area contributed by atoms with Crippen molar-refractivity contribution in [1.82, 2.24) is 4.98 Å². The molecule has 0 fully saturated rings. The maximum Gasteiger partial charge on any atom is 0.237 e. The topological polar surface area (TPSA) is 45.2 Å². The molecule has 4 heteroatoms. The maximum atomic E-state index is 12.5. The fourth-order valence-corrected chi connectivity index (χ4v) is 2.98. The van der Waals surface area contributed by atoms with E-state index in [1.54, 1.807) is 4.90 Å². The van der Waals surface area contributed by atoms with Gasteiger partial charge in [0.2, 0.25) is 5.91 Å². The van der Waals surface area contributed by atoms with Crippen LogP contribution in [0.1, 0.15) is 16.7 Å². The second-order valence-electron chi connectivity index (χ2n) is 6.41. The lowest BCUT2D eigenvalue weighted by molar-refractivity contribution is -0.116. The second-order valence-corrected chi connectivity index (χ2v) is 6.41. The SMILES string of the molecule is Cc1ccc(Nc2ccc3c(n2)N(c2ccc(C)cc2)C(=O)C3)cc1. The van der Waals surface area contributed by atoms with E-state index in [4.69, 9.17) is 4.98 Å². The number of fused-ring (bicyclic) bond motifs is 1. The van der Waals surface area contributed by atoms with E-state index >= 15 is 0 Å². The fourth-order valence-electron chi connectivity index (χ4n) is 2.98. The molecule has 1 aliphatic rings. The average Bonchev–Trinajstić information content (AvgIpc) is 2.93. The highest BCUT2D eigenvalue weighted by molar-refractivity contribution is 6.06. The van der Waals surface area contributed by atoms with Crippen molar-refractivity contribution >= 4 is 28.9 Å². The van der Waals surface area contributed by atoms with Gasteiger partial charge in [-0.3, -0.25) is 9.69 Å². The van der Waals surface area contributed by atoms with Gasteiger partial charge in [0.25, 0.3) is 0 Å². The molecule has 2 aromatic carbocycles. The molecule has 3 aromatic rings. The average molecular weight is 329 g/mol. The van der Waals surface area contributed by atoms with Gasteiger partial charge in [-0.05, 0) is 44.2 Å². The molecule has 0 bridgehead atoms. The molecule has 0 aliphatic carbocycles. The van der Waals surface area contributed by atoms with Crippen LogP contribution in [-0.4, -0.2) is 10.9 Å². The number of amides is 1. The van der Waals surface area contributed by atoms with E-state index in [0.29, 0.717) is 12.2 Å². The van der Waals surface area contributed by atoms with Crippen molar-refractivity contribution in [3.05, 3.63) is 77.4 Å². The number of rotatable bonds is 3. The van der Waals surface area contributed by atoms with E-state index in [-0.39, 0.29) is 5.91 Å². The zero-order chi connectivity index (χ0) is 17.4. The van der Waals surface area contributed by atoms with E-state index in [9.17, 15) is 4.79 Å². The predicted octanol–water partition coefficient (Wildman–Crippen LogP) is 4.66. The van der Waals surface area contributed by atoms with E-state index in [1.807, 2.05) is 55.5 Å². The van der Waals surface area contributed by atoms with Crippen molar-refractivity contribution in [3.63, 3.8) is 0 Å². The van der Waals surface area contributed by atoms with Gasteiger partial charge >= 0.3 is 0 Å². The molecule has 1 aromatic heterocycles. The minimum atomic E-state index is 0.0545. The summed E-state index contributed by atoms with van der Waals surface area (Å²) in [5, 5.41) is 3.31. The number of pyridine rings is 1. The highest BCUT2D eigenvalue weighted by Gasteiger charge is 2.30. The molecule has 0 unspecified atom stereocenters. The Labute approximate surface area is 147 Å². The molecule has 0 saturated heterocycles. The molecule has 0 saturated carbocycles. The number of nitrogens with zero attached hydrogens (tertiary/aromatic N) is 2. The van der Waals surface area contributed by atoms with E-state index in [2.05, 4.69) is 24.4 Å². The zero-order valence-electron chi connectivity index (χ0n) is 14.3. The number of aromatic nitrogens is 1. The van der Waals surface area contributed by atoms with Gasteiger partial charge in [-0.25, -0.2) is 4.98 Å². The van der Waals surface area contributed by atoms with Crippen molar-refractivity contribution in [2.75, 3.05) is 10.2 Å². The van der Waals surface area contributed by atoms with Gasteiger partial charge in [0, 0.05) is 11.3 Å². The van der Waals surface area contributed by atoms with Crippen molar-refractivity contribution in [3.8, 4) is 0 Å². The Morgan fingerprint density at radius 2 is 1.52 bits per heavy atom. The van der Waals surface area contributed by atoms with Gasteiger partial charge < -0.3 is 5.32 Å². The summed E-state index contributed by atoms with van der Waals surface area (Å²) in [7, 11) is 0. The maximum absolute atomic E-state index is 12.5. The number of aryl methyl sites for hydroxylation is 2. The number of carbonyl (C=O) groups excluding carboxylic acids is 1. The fraction of sp³-hybridized carbons (Fsp3) is 0.143. The van der Waals surface area contributed by atoms with Crippen molar-refractivity contribution in [1.29, 1.82) is 0 Å². The second kappa shape index (κ2) is 6.06. The Hall–Kier alpha value is -3.14. The van der Waals surface area contributed by atoms with Gasteiger partial charge in [0.05, 0.1) is 12.1 Å². The molecule has 1 aliphatic heterocycles. The minimum Gasteiger partial charge on any atom is -0.340 e. The number of benzene rings is 2. The molecule has 1 amide bonds. The van der Waals surface area contributed by atoms with Crippen LogP contribution in [0.25, 0.3) is 0 Å². The monoisotopic (exact) mass is 329 g/mol. The van der Waals surface area contributed by atoms with Gasteiger partial charge in [0.1, 0.15) is 11.6 Å². The summed E-state index contributed by atoms with van der Waals surface area (Å²) in [5.74, 6) is 1.50. The first-order valence-corrected chi connectivity index (χ1v) is 8.33. The summed E-state index contributed by atoms with van der Waals surface area (Å²) in [4.78, 5) is 18.9. The Morgan fingerprint density at radius 1 is 0.880 bits per heavy atom. The zero-order valence-corrected chi connectivity index (χ0v) is 14.3. The van der Waals surface area contributed by atoms with Crippen molar-refractivity contribution < 1.29 is 4.79 Å². The number of carbonyl (C=O) groups is 1. The summed E-state index contributed by atoms with van der Waals surface area (Å²) >= 11 is 0. The van der Waals surface area contributed by atoms with Gasteiger partial charge in [-0.2, -0.15) is 0 Å². The van der Waals surface area contributed by atoms with Crippen LogP contribution < -0.4 is 10.2 Å². The first-order chi connectivity index (χ1) is 12.1. The third-order valence-corrected chi connectivity index (χ3v) is 4.37. The third kappa shape index (κ3) is 2.98. The van der Waals surface area contributed by atoms with Crippen molar-refractivity contribution in [2.24, 2.45) is 0 Å². The largest absolute Gasteiger partial charge is 0.340 e. The Bertz CT molecular complexity index is 930. The lowest BCUT2D eigenvalue weighted by Gasteiger charge is -2.17. The van der Waals surface area contributed by atoms with E-state index in [1.165, 1.54) is 11.1 Å². The summed E-state index contributed by atoms with van der Waals surface area (Å²) in [6, 6.07) is 20.0. The Kier molecular flexibility index (Phi) is 3.73. The molecule has 2 heterocycles. The number of hydrogen-bond donors (Lipinski definition) is 1. The van der Waals surface area contributed by atoms with Crippen LogP contribution in [0.5, 0.6) is 0 Å². The van der Waals surface area contributed by atoms with Crippen LogP contribution in [0.3, 0.4) is 0 Å². The molecule has 0 spiro atoms. The van der Waals surface area contributed by atoms with Crippen LogP contribution in [0.4, 0.5) is 23.0 Å². The summed E-state index contributed by atoms with van der Waals surface area (Å²) in [5.41, 5.74) is 5.17. The van der Waals surface area contributed by atoms with Crippen LogP contribution >= 0.6 is 0 Å². The lowest BCUT2D eigenvalue weighted by Crippen LogP contribution is -2.21. The predicted molar refractivity (Wildman–Crippen MR) is 101 cm³/mol. The summed E-state index contributed by atoms with van der Waals surface area (Å²) in [6.45, 7) is 4.09. The molecule has 0 atom stereocenters. The minimum absolute atomic E-state index is 0.0545. The molecule has 1 N–H and O–H groups in total. The Morgan fingerprint density at radius 3 is 2.20 bits per heavy atom. The normalized spacial score (nSPS) is 13.0. The smallest absolute Gasteiger partial charge is 0.237 e. The van der Waals surface area contributed by atoms with E-state index in [0.717, 1.165) is 22.8 Å². The third-order valence-electron chi connectivity index (χ3n) is 4.37. The molecule has 124 valence electrons. The first-order valence-electron chi connectivity index (χ1n) is 8.33. The van der Waals surface area contributed by atoms with Crippen molar-refractivity contribution in [2.45, 2.75) is 20.3 Å². The van der Waals surface area contributed by atoms with Crippen LogP contribution in [0, 0.1) is 13.8 Å². The van der Waals surface area contributed by atoms with Crippen LogP contribution in [-0.2, 0) is 11.2 Å². The van der Waals surface area contributed by atoms with Gasteiger partial charge in [0.15, 0.2) is 0 Å². The van der Waals surface area contributed by atoms with E-state index < -0.39 is 0 Å². The molecule has 0 radical (unpaired) electrons. The molecule has 4 nitrogen and oxygen atoms in total.